The fraction of sp³-hybridized carbons (Fsp3) is 0.0323. The molecule has 0 unspecified atom stereocenters. The maximum absolute atomic E-state index is 12.1. The van der Waals surface area contributed by atoms with Gasteiger partial charge in [0, 0.05) is 28.6 Å². The Bertz CT molecular complexity index is 2840. The molecular weight excluding hydrogens is 795 g/mol. The zero-order valence-electron chi connectivity index (χ0n) is 26.7. The minimum absolute atomic E-state index is 0.0207. The molecule has 6 rings (SSSR count). The summed E-state index contributed by atoms with van der Waals surface area (Å²) < 4.78 is 134. The standard InChI is InChI=1S/C31H23N5O14S4/c37-29(38)17-3-1-2-16(8-17)9-28-34-30(32-20-4-6-24-18(10-20)12-22(51(39,40)41)14-26(24)53(45,46)47)36-31(35-28)33-21-5-7-25-19(11-21)13-23(52(42,43)44)15-27(25)54(48,49)50/h1-8,10-15H,9H2,(H,37,38)(H,39,40,41)(H,42,43,44)(H,45,46,47)(H,48,49,50)(H2,32,33,34,35,36). The van der Waals surface area contributed by atoms with E-state index in [1.54, 1.807) is 6.07 Å². The van der Waals surface area contributed by atoms with Gasteiger partial charge in [-0.25, -0.2) is 4.79 Å². The van der Waals surface area contributed by atoms with E-state index in [0.717, 1.165) is 12.1 Å². The molecule has 6 aromatic rings. The zero-order chi connectivity index (χ0) is 39.4. The number of anilines is 4. The van der Waals surface area contributed by atoms with Crippen molar-refractivity contribution in [2.24, 2.45) is 0 Å². The van der Waals surface area contributed by atoms with E-state index in [9.17, 15) is 61.8 Å². The van der Waals surface area contributed by atoms with Crippen LogP contribution in [0, 0.1) is 0 Å². The largest absolute Gasteiger partial charge is 0.478 e. The molecule has 0 bridgehead atoms. The van der Waals surface area contributed by atoms with Crippen LogP contribution in [-0.4, -0.2) is 77.9 Å². The van der Waals surface area contributed by atoms with E-state index in [1.165, 1.54) is 54.6 Å². The second-order valence-corrected chi connectivity index (χ2v) is 17.1. The second-order valence-electron chi connectivity index (χ2n) is 11.4. The summed E-state index contributed by atoms with van der Waals surface area (Å²) in [6.45, 7) is 0. The van der Waals surface area contributed by atoms with Gasteiger partial charge in [-0.3, -0.25) is 18.2 Å². The molecule has 0 aliphatic heterocycles. The lowest BCUT2D eigenvalue weighted by atomic mass is 10.1. The molecule has 0 atom stereocenters. The number of carboxylic acids is 1. The molecule has 19 nitrogen and oxygen atoms in total. The van der Waals surface area contributed by atoms with Crippen LogP contribution in [0.15, 0.2) is 105 Å². The first-order valence-corrected chi connectivity index (χ1v) is 20.5. The van der Waals surface area contributed by atoms with E-state index in [2.05, 4.69) is 25.6 Å². The Morgan fingerprint density at radius 2 is 1.02 bits per heavy atom. The summed E-state index contributed by atoms with van der Waals surface area (Å²) >= 11 is 0. The van der Waals surface area contributed by atoms with E-state index in [-0.39, 0.29) is 62.6 Å². The highest BCUT2D eigenvalue weighted by molar-refractivity contribution is 7.87. The summed E-state index contributed by atoms with van der Waals surface area (Å²) in [5.41, 5.74) is 0.745. The van der Waals surface area contributed by atoms with Crippen molar-refractivity contribution >= 4 is 91.3 Å². The first kappa shape index (κ1) is 38.1. The van der Waals surface area contributed by atoms with Crippen molar-refractivity contribution in [2.45, 2.75) is 26.0 Å². The molecule has 0 amide bonds. The number of aromatic nitrogens is 3. The lowest BCUT2D eigenvalue weighted by Gasteiger charge is -2.13. The van der Waals surface area contributed by atoms with Crippen LogP contribution in [0.3, 0.4) is 0 Å². The van der Waals surface area contributed by atoms with Gasteiger partial charge in [0.2, 0.25) is 11.9 Å². The minimum atomic E-state index is -4.95. The van der Waals surface area contributed by atoms with Gasteiger partial charge in [-0.15, -0.1) is 0 Å². The highest BCUT2D eigenvalue weighted by Crippen LogP contribution is 2.32. The zero-order valence-corrected chi connectivity index (χ0v) is 29.9. The van der Waals surface area contributed by atoms with Crippen molar-refractivity contribution in [3.05, 3.63) is 102 Å². The van der Waals surface area contributed by atoms with Crippen LogP contribution in [0.1, 0.15) is 21.7 Å². The number of carbonyl (C=O) groups is 1. The van der Waals surface area contributed by atoms with Crippen LogP contribution in [0.5, 0.6) is 0 Å². The number of nitrogens with zero attached hydrogens (tertiary/aromatic N) is 3. The number of hydrogen-bond donors (Lipinski definition) is 7. The van der Waals surface area contributed by atoms with Gasteiger partial charge in [0.1, 0.15) is 15.6 Å². The monoisotopic (exact) mass is 817 g/mol. The van der Waals surface area contributed by atoms with E-state index in [4.69, 9.17) is 0 Å². The highest BCUT2D eigenvalue weighted by Gasteiger charge is 2.22. The van der Waals surface area contributed by atoms with E-state index in [1.807, 2.05) is 0 Å². The third kappa shape index (κ3) is 8.42. The summed E-state index contributed by atoms with van der Waals surface area (Å²) in [6, 6.07) is 16.7. The Hall–Kier alpha value is -5.66. The average Bonchev–Trinajstić information content (AvgIpc) is 3.05. The van der Waals surface area contributed by atoms with Crippen molar-refractivity contribution in [2.75, 3.05) is 10.6 Å². The fourth-order valence-corrected chi connectivity index (χ4v) is 8.08. The number of carboxylic acid groups (broad SMARTS) is 1. The van der Waals surface area contributed by atoms with Gasteiger partial charge in [0.15, 0.2) is 0 Å². The molecule has 1 aromatic heterocycles. The summed E-state index contributed by atoms with van der Waals surface area (Å²) in [4.78, 5) is 21.4. The van der Waals surface area contributed by atoms with Crippen LogP contribution in [-0.2, 0) is 46.9 Å². The van der Waals surface area contributed by atoms with Crippen LogP contribution < -0.4 is 10.6 Å². The number of fused-ring (bicyclic) bond motifs is 2. The molecule has 0 aliphatic carbocycles. The van der Waals surface area contributed by atoms with Gasteiger partial charge in [-0.1, -0.05) is 24.3 Å². The maximum Gasteiger partial charge on any atom is 0.335 e. The van der Waals surface area contributed by atoms with Gasteiger partial charge < -0.3 is 15.7 Å². The summed E-state index contributed by atoms with van der Waals surface area (Å²) in [5.74, 6) is -1.46. The van der Waals surface area contributed by atoms with Gasteiger partial charge in [-0.2, -0.15) is 48.6 Å². The van der Waals surface area contributed by atoms with Crippen LogP contribution >= 0.6 is 0 Å². The lowest BCUT2D eigenvalue weighted by molar-refractivity contribution is 0.0696. The molecule has 0 saturated heterocycles. The predicted molar refractivity (Wildman–Crippen MR) is 190 cm³/mol. The quantitative estimate of drug-likeness (QED) is 0.0910. The molecule has 54 heavy (non-hydrogen) atoms. The molecule has 280 valence electrons. The molecule has 0 radical (unpaired) electrons. The normalized spacial score (nSPS) is 12.5. The van der Waals surface area contributed by atoms with Crippen LogP contribution in [0.25, 0.3) is 21.5 Å². The van der Waals surface area contributed by atoms with E-state index < -0.39 is 66.0 Å². The van der Waals surface area contributed by atoms with Crippen molar-refractivity contribution < 1.29 is 61.8 Å². The SMILES string of the molecule is O=C(O)c1cccc(Cc2nc(Nc3ccc4c(S(=O)(=O)O)cc(S(=O)(=O)O)cc4c3)nc(Nc3ccc4c(S(=O)(=O)O)cc(S(=O)(=O)O)cc4c3)n2)c1. The number of rotatable bonds is 11. The molecule has 0 saturated carbocycles. The Labute approximate surface area is 305 Å². The number of benzene rings is 5. The predicted octanol–water partition coefficient (Wildman–Crippen LogP) is 3.94. The van der Waals surface area contributed by atoms with Crippen molar-refractivity contribution in [3.63, 3.8) is 0 Å². The molecule has 0 spiro atoms. The van der Waals surface area contributed by atoms with Gasteiger partial charge in [0.25, 0.3) is 40.5 Å². The topological polar surface area (TPSA) is 318 Å². The highest BCUT2D eigenvalue weighted by atomic mass is 32.2. The molecule has 0 fully saturated rings. The minimum Gasteiger partial charge on any atom is -0.478 e. The molecule has 5 aromatic carbocycles. The second kappa shape index (κ2) is 13.6. The third-order valence-corrected chi connectivity index (χ3v) is 11.1. The van der Waals surface area contributed by atoms with Crippen molar-refractivity contribution in [1.29, 1.82) is 0 Å². The molecule has 23 heteroatoms. The molecule has 1 heterocycles. The van der Waals surface area contributed by atoms with Crippen LogP contribution in [0.2, 0.25) is 0 Å². The molecule has 0 aliphatic rings. The Balaban J connectivity index is 1.45. The van der Waals surface area contributed by atoms with Gasteiger partial charge >= 0.3 is 5.97 Å². The summed E-state index contributed by atoms with van der Waals surface area (Å²) in [7, 11) is -19.7. The third-order valence-electron chi connectivity index (χ3n) is 7.66. The van der Waals surface area contributed by atoms with Gasteiger partial charge in [-0.05, 0) is 77.0 Å². The van der Waals surface area contributed by atoms with Crippen molar-refractivity contribution in [1.82, 2.24) is 15.0 Å². The number of aromatic carboxylic acids is 1. The van der Waals surface area contributed by atoms with Crippen LogP contribution in [0.4, 0.5) is 23.3 Å². The summed E-state index contributed by atoms with van der Waals surface area (Å²) in [5, 5.41) is 14.9. The average molecular weight is 818 g/mol. The number of hydrogen-bond acceptors (Lipinski definition) is 14. The maximum atomic E-state index is 12.1. The molecule has 7 N–H and O–H groups in total. The van der Waals surface area contributed by atoms with Gasteiger partial charge in [0.05, 0.1) is 15.4 Å². The Morgan fingerprint density at radius 3 is 1.43 bits per heavy atom. The fourth-order valence-electron chi connectivity index (χ4n) is 5.36. The first-order chi connectivity index (χ1) is 25.0. The first-order valence-electron chi connectivity index (χ1n) is 14.7. The van der Waals surface area contributed by atoms with E-state index >= 15 is 0 Å². The smallest absolute Gasteiger partial charge is 0.335 e. The number of nitrogens with one attached hydrogen (secondary N) is 2. The molecular formula is C31H23N5O14S4. The Kier molecular flexibility index (Phi) is 9.62. The Morgan fingerprint density at radius 1 is 0.556 bits per heavy atom. The van der Waals surface area contributed by atoms with Crippen molar-refractivity contribution in [3.8, 4) is 0 Å². The lowest BCUT2D eigenvalue weighted by Crippen LogP contribution is -2.09. The van der Waals surface area contributed by atoms with E-state index in [0.29, 0.717) is 17.7 Å². The summed E-state index contributed by atoms with van der Waals surface area (Å²) in [6.07, 6.45) is -0.0483.